The van der Waals surface area contributed by atoms with Crippen molar-refractivity contribution < 1.29 is 4.74 Å². The molecule has 0 radical (unpaired) electrons. The molecule has 4 heterocycles. The molecule has 0 bridgehead atoms. The van der Waals surface area contributed by atoms with Gasteiger partial charge in [-0.3, -0.25) is 14.3 Å². The van der Waals surface area contributed by atoms with Crippen LogP contribution in [0.3, 0.4) is 0 Å². The molecule has 0 aliphatic heterocycles. The van der Waals surface area contributed by atoms with Crippen molar-refractivity contribution in [3.63, 3.8) is 0 Å². The topological polar surface area (TPSA) is 121 Å². The van der Waals surface area contributed by atoms with Gasteiger partial charge in [-0.15, -0.1) is 11.3 Å². The van der Waals surface area contributed by atoms with Crippen LogP contribution in [-0.4, -0.2) is 47.8 Å². The van der Waals surface area contributed by atoms with Gasteiger partial charge in [0.25, 0.3) is 5.56 Å². The van der Waals surface area contributed by atoms with Crippen molar-refractivity contribution in [2.75, 3.05) is 13.7 Å². The maximum absolute atomic E-state index is 12.7. The van der Waals surface area contributed by atoms with E-state index in [9.17, 15) is 9.59 Å². The van der Waals surface area contributed by atoms with Crippen LogP contribution in [0.25, 0.3) is 33.5 Å². The van der Waals surface area contributed by atoms with Crippen molar-refractivity contribution in [3.05, 3.63) is 44.7 Å². The number of thiazole rings is 1. The second-order valence-corrected chi connectivity index (χ2v) is 7.98. The fraction of sp³-hybridized carbons (Fsp3) is 0.368. The van der Waals surface area contributed by atoms with Gasteiger partial charge < -0.3 is 9.30 Å². The minimum Gasteiger partial charge on any atom is -0.383 e. The Morgan fingerprint density at radius 1 is 1.17 bits per heavy atom. The summed E-state index contributed by atoms with van der Waals surface area (Å²) in [5.41, 5.74) is 0.298. The molecule has 0 fully saturated rings. The van der Waals surface area contributed by atoms with E-state index < -0.39 is 11.2 Å². The molecule has 4 rings (SSSR count). The van der Waals surface area contributed by atoms with Crippen LogP contribution in [0.4, 0.5) is 0 Å². The van der Waals surface area contributed by atoms with Crippen molar-refractivity contribution in [2.24, 2.45) is 5.92 Å². The predicted molar refractivity (Wildman–Crippen MR) is 113 cm³/mol. The van der Waals surface area contributed by atoms with Crippen LogP contribution < -0.4 is 11.2 Å². The lowest BCUT2D eigenvalue weighted by Gasteiger charge is -2.09. The molecule has 0 unspecified atom stereocenters. The third-order valence-electron chi connectivity index (χ3n) is 4.44. The summed E-state index contributed by atoms with van der Waals surface area (Å²) in [6, 6.07) is 1.74. The van der Waals surface area contributed by atoms with Gasteiger partial charge in [0.15, 0.2) is 27.8 Å². The minimum atomic E-state index is -0.480. The van der Waals surface area contributed by atoms with Crippen LogP contribution in [0.2, 0.25) is 0 Å². The molecule has 0 atom stereocenters. The van der Waals surface area contributed by atoms with E-state index in [0.717, 1.165) is 0 Å². The van der Waals surface area contributed by atoms with Gasteiger partial charge in [0, 0.05) is 38.0 Å². The van der Waals surface area contributed by atoms with Gasteiger partial charge in [0.05, 0.1) is 6.61 Å². The number of aromatic amines is 1. The number of H-pyrrole nitrogens is 1. The number of nitrogens with one attached hydrogen (secondary N) is 1. The lowest BCUT2D eigenvalue weighted by molar-refractivity contribution is 0.188. The second kappa shape index (κ2) is 8.28. The Morgan fingerprint density at radius 2 is 1.93 bits per heavy atom. The van der Waals surface area contributed by atoms with Crippen LogP contribution >= 0.6 is 11.3 Å². The normalized spacial score (nSPS) is 11.6. The molecule has 0 aromatic carbocycles. The Balaban J connectivity index is 1.93. The third-order valence-corrected chi connectivity index (χ3v) is 5.28. The van der Waals surface area contributed by atoms with Crippen molar-refractivity contribution in [2.45, 2.75) is 26.9 Å². The highest BCUT2D eigenvalue weighted by molar-refractivity contribution is 7.13. The van der Waals surface area contributed by atoms with Crippen molar-refractivity contribution in [1.29, 1.82) is 0 Å². The molecular weight excluding hydrogens is 406 g/mol. The second-order valence-electron chi connectivity index (χ2n) is 7.13. The first-order valence-electron chi connectivity index (χ1n) is 9.45. The molecular formula is C19H21N7O3S. The standard InChI is InChI=1S/C19H21N7O3S/c1-11(2)9-26-16-13(17(27)24-19(26)28)25(7-8-29-3)15(23-16)12-10-30-18(22-12)14-20-5-4-6-21-14/h4-6,10-11H,7-9H2,1-3H3,(H,24,27,28). The Morgan fingerprint density at radius 3 is 2.63 bits per heavy atom. The lowest BCUT2D eigenvalue weighted by Crippen LogP contribution is -2.32. The number of imidazole rings is 1. The highest BCUT2D eigenvalue weighted by Gasteiger charge is 2.22. The molecule has 0 aliphatic carbocycles. The van der Waals surface area contributed by atoms with Gasteiger partial charge in [0.1, 0.15) is 5.69 Å². The molecule has 0 saturated carbocycles. The quantitative estimate of drug-likeness (QED) is 0.477. The summed E-state index contributed by atoms with van der Waals surface area (Å²) in [4.78, 5) is 45.3. The Hall–Kier alpha value is -3.18. The number of ether oxygens (including phenoxy) is 1. The van der Waals surface area contributed by atoms with E-state index in [4.69, 9.17) is 4.74 Å². The van der Waals surface area contributed by atoms with E-state index >= 15 is 0 Å². The molecule has 0 amide bonds. The summed E-state index contributed by atoms with van der Waals surface area (Å²) < 4.78 is 8.47. The first kappa shape index (κ1) is 20.1. The Kier molecular flexibility index (Phi) is 5.55. The smallest absolute Gasteiger partial charge is 0.330 e. The van der Waals surface area contributed by atoms with Crippen LogP contribution in [-0.2, 0) is 17.8 Å². The number of hydrogen-bond acceptors (Lipinski definition) is 8. The van der Waals surface area contributed by atoms with Crippen molar-refractivity contribution in [1.82, 2.24) is 34.1 Å². The van der Waals surface area contributed by atoms with Gasteiger partial charge >= 0.3 is 5.69 Å². The zero-order chi connectivity index (χ0) is 21.3. The van der Waals surface area contributed by atoms with Gasteiger partial charge in [-0.1, -0.05) is 13.8 Å². The summed E-state index contributed by atoms with van der Waals surface area (Å²) >= 11 is 1.39. The monoisotopic (exact) mass is 427 g/mol. The summed E-state index contributed by atoms with van der Waals surface area (Å²) in [5.74, 6) is 1.21. The van der Waals surface area contributed by atoms with Crippen LogP contribution in [0.1, 0.15) is 13.8 Å². The first-order valence-corrected chi connectivity index (χ1v) is 10.3. The summed E-state index contributed by atoms with van der Waals surface area (Å²) in [6.45, 7) is 5.20. The maximum atomic E-state index is 12.7. The van der Waals surface area contributed by atoms with Crippen LogP contribution in [0, 0.1) is 5.92 Å². The molecule has 10 nitrogen and oxygen atoms in total. The third kappa shape index (κ3) is 3.68. The van der Waals surface area contributed by atoms with E-state index in [1.165, 1.54) is 15.9 Å². The number of methoxy groups -OCH3 is 1. The maximum Gasteiger partial charge on any atom is 0.330 e. The zero-order valence-corrected chi connectivity index (χ0v) is 17.6. The molecule has 30 heavy (non-hydrogen) atoms. The molecule has 4 aromatic heterocycles. The number of nitrogens with zero attached hydrogens (tertiary/aromatic N) is 6. The first-order chi connectivity index (χ1) is 14.5. The Labute approximate surface area is 175 Å². The van der Waals surface area contributed by atoms with E-state index in [1.807, 2.05) is 19.2 Å². The summed E-state index contributed by atoms with van der Waals surface area (Å²) in [5, 5.41) is 2.49. The molecule has 0 aliphatic rings. The van der Waals surface area contributed by atoms with Crippen LogP contribution in [0.15, 0.2) is 33.4 Å². The number of fused-ring (bicyclic) bond motifs is 1. The fourth-order valence-corrected chi connectivity index (χ4v) is 3.93. The van der Waals surface area contributed by atoms with Gasteiger partial charge in [-0.25, -0.2) is 24.7 Å². The molecule has 11 heteroatoms. The van der Waals surface area contributed by atoms with Gasteiger partial charge in [-0.2, -0.15) is 0 Å². The average Bonchev–Trinajstić information content (AvgIpc) is 3.35. The minimum absolute atomic E-state index is 0.200. The largest absolute Gasteiger partial charge is 0.383 e. The number of hydrogen-bond donors (Lipinski definition) is 1. The van der Waals surface area contributed by atoms with Gasteiger partial charge in [-0.05, 0) is 12.0 Å². The van der Waals surface area contributed by atoms with Crippen molar-refractivity contribution >= 4 is 22.5 Å². The summed E-state index contributed by atoms with van der Waals surface area (Å²) in [7, 11) is 1.59. The highest BCUT2D eigenvalue weighted by Crippen LogP contribution is 2.28. The molecule has 4 aromatic rings. The molecule has 0 saturated heterocycles. The van der Waals surface area contributed by atoms with E-state index in [2.05, 4.69) is 24.9 Å². The zero-order valence-electron chi connectivity index (χ0n) is 16.8. The number of rotatable bonds is 7. The Bertz CT molecular complexity index is 1290. The summed E-state index contributed by atoms with van der Waals surface area (Å²) in [6.07, 6.45) is 3.31. The fourth-order valence-electron chi connectivity index (χ4n) is 3.19. The van der Waals surface area contributed by atoms with Gasteiger partial charge in [0.2, 0.25) is 0 Å². The highest BCUT2D eigenvalue weighted by atomic mass is 32.1. The van der Waals surface area contributed by atoms with E-state index in [0.29, 0.717) is 53.2 Å². The van der Waals surface area contributed by atoms with Crippen LogP contribution in [0.5, 0.6) is 0 Å². The average molecular weight is 427 g/mol. The predicted octanol–water partition coefficient (Wildman–Crippen LogP) is 1.77. The van der Waals surface area contributed by atoms with Crippen molar-refractivity contribution in [3.8, 4) is 22.4 Å². The number of aromatic nitrogens is 7. The van der Waals surface area contributed by atoms with E-state index in [1.54, 1.807) is 30.1 Å². The molecule has 1 N–H and O–H groups in total. The molecule has 156 valence electrons. The lowest BCUT2D eigenvalue weighted by atomic mass is 10.2. The molecule has 0 spiro atoms. The SMILES string of the molecule is COCCn1c(-c2csc(-c3ncccn3)n2)nc2c1c(=O)[nH]c(=O)n2CC(C)C. The van der Waals surface area contributed by atoms with E-state index in [-0.39, 0.29) is 5.92 Å².